The zero-order chi connectivity index (χ0) is 43.1. The Morgan fingerprint density at radius 1 is 0.983 bits per heavy atom. The number of halogens is 5. The van der Waals surface area contributed by atoms with Gasteiger partial charge in [0.1, 0.15) is 22.5 Å². The normalized spacial score (nSPS) is 26.8. The van der Waals surface area contributed by atoms with Crippen molar-refractivity contribution in [2.45, 2.75) is 107 Å². The van der Waals surface area contributed by atoms with Crippen LogP contribution in [-0.2, 0) is 23.9 Å². The highest BCUT2D eigenvalue weighted by molar-refractivity contribution is 8.45. The number of hydrogen-bond acceptors (Lipinski definition) is 10. The van der Waals surface area contributed by atoms with E-state index in [0.29, 0.717) is 62.7 Å². The van der Waals surface area contributed by atoms with E-state index < -0.39 is 43.9 Å². The van der Waals surface area contributed by atoms with Crippen molar-refractivity contribution >= 4 is 68.2 Å². The molecular formula is C39H49F5N8O5S2. The van der Waals surface area contributed by atoms with E-state index in [0.717, 1.165) is 24.1 Å². The number of imide groups is 1. The highest BCUT2D eigenvalue weighted by Crippen LogP contribution is 3.02. The molecule has 1 unspecified atom stereocenters. The van der Waals surface area contributed by atoms with Gasteiger partial charge in [0, 0.05) is 55.6 Å². The minimum Gasteiger partial charge on any atom is -0.377 e. The number of piperazine rings is 1. The van der Waals surface area contributed by atoms with Crippen LogP contribution in [0.1, 0.15) is 71.8 Å². The number of carbonyl (C=O) groups is 4. The van der Waals surface area contributed by atoms with E-state index in [1.54, 1.807) is 43.0 Å². The number of nitrogens with zero attached hydrogens (tertiary/aromatic N) is 5. The molecule has 4 aliphatic rings. The lowest BCUT2D eigenvalue weighted by Crippen LogP contribution is -2.58. The topological polar surface area (TPSA) is 150 Å². The molecule has 0 spiro atoms. The molecule has 0 bridgehead atoms. The molecule has 1 aliphatic carbocycles. The number of hydrogen-bond donors (Lipinski definition) is 3. The molecule has 4 fully saturated rings. The Balaban J connectivity index is 0.958. The van der Waals surface area contributed by atoms with E-state index in [4.69, 9.17) is 22.2 Å². The van der Waals surface area contributed by atoms with Crippen molar-refractivity contribution in [1.29, 1.82) is 5.26 Å². The van der Waals surface area contributed by atoms with E-state index in [1.807, 2.05) is 0 Å². The summed E-state index contributed by atoms with van der Waals surface area (Å²) in [5.74, 6) is -1.49. The summed E-state index contributed by atoms with van der Waals surface area (Å²) in [6, 6.07) is 9.44. The first-order valence-electron chi connectivity index (χ1n) is 19.5. The fourth-order valence-electron chi connectivity index (χ4n) is 8.58. The van der Waals surface area contributed by atoms with E-state index >= 15 is 0 Å². The summed E-state index contributed by atoms with van der Waals surface area (Å²) in [6.45, 7) is 10.2. The number of anilines is 3. The van der Waals surface area contributed by atoms with Crippen molar-refractivity contribution in [3.63, 3.8) is 0 Å². The molecule has 2 aromatic carbocycles. The smallest absolute Gasteiger partial charge is 0.311 e. The van der Waals surface area contributed by atoms with Crippen molar-refractivity contribution in [2.24, 2.45) is 0 Å². The molecule has 1 saturated carbocycles. The molecule has 0 radical (unpaired) electrons. The van der Waals surface area contributed by atoms with Gasteiger partial charge in [-0.15, -0.1) is 0 Å². The Morgan fingerprint density at radius 2 is 1.64 bits per heavy atom. The number of ether oxygens (including phenoxy) is 1. The van der Waals surface area contributed by atoms with E-state index in [9.17, 15) is 38.6 Å². The number of amides is 4. The minimum absolute atomic E-state index is 0.0616. The van der Waals surface area contributed by atoms with E-state index in [-0.39, 0.29) is 66.1 Å². The summed E-state index contributed by atoms with van der Waals surface area (Å²) in [6.07, 6.45) is 3.02. The lowest BCUT2D eigenvalue weighted by molar-refractivity contribution is -0.133. The van der Waals surface area contributed by atoms with Gasteiger partial charge >= 0.3 is 10.2 Å². The first kappa shape index (κ1) is 44.1. The van der Waals surface area contributed by atoms with Crippen molar-refractivity contribution in [3.05, 3.63) is 48.0 Å². The van der Waals surface area contributed by atoms with Crippen LogP contribution in [0.15, 0.2) is 47.4 Å². The molecule has 3 heterocycles. The molecule has 3 atom stereocenters. The standard InChI is InChI=1S/C39H49F5N8O5S2/c1-24-21-49(22-25(2)50(24)23-35(54)47-28-7-5-6-27(18-28)46-32-14-15-34(53)48-36(32)55)16-17-57-31-12-10-29(11-13-31)52-38(58)51(37(56)39(52,3)4)30-9-8-26(20-45)33(19-30)59(40,41,42,43)44/h5-9,18-19,24-25,29,31-32,46H,10-17,21-23H2,1-4H3,(H,47,54)(H,48,53,55)/t24-,25+,29-,31-,32?. The van der Waals surface area contributed by atoms with Crippen LogP contribution in [0.3, 0.4) is 0 Å². The lowest BCUT2D eigenvalue weighted by atomic mass is 9.89. The van der Waals surface area contributed by atoms with Crippen LogP contribution in [0, 0.1) is 11.3 Å². The molecule has 322 valence electrons. The van der Waals surface area contributed by atoms with Crippen LogP contribution in [0.5, 0.6) is 0 Å². The first-order chi connectivity index (χ1) is 27.4. The molecule has 0 aromatic heterocycles. The molecule has 20 heteroatoms. The number of rotatable bonds is 12. The Hall–Kier alpha value is -4.42. The maximum atomic E-state index is 13.9. The van der Waals surface area contributed by atoms with Gasteiger partial charge < -0.3 is 20.3 Å². The molecule has 59 heavy (non-hydrogen) atoms. The zero-order valence-corrected chi connectivity index (χ0v) is 34.8. The SMILES string of the molecule is C[C@@H]1CN(CCO[C@H]2CC[C@H](N3C(=S)N(c4ccc(C#N)c(S(F)(F)(F)(F)F)c4)C(=O)C3(C)C)CC2)C[C@H](C)N1CC(=O)Nc1cccc(NC2CCC(=O)NC2=O)c1. The molecule has 2 aromatic rings. The van der Waals surface area contributed by atoms with Gasteiger partial charge in [0.15, 0.2) is 5.11 Å². The van der Waals surface area contributed by atoms with Gasteiger partial charge in [-0.25, -0.2) is 0 Å². The van der Waals surface area contributed by atoms with Crippen molar-refractivity contribution in [2.75, 3.05) is 48.3 Å². The van der Waals surface area contributed by atoms with E-state index in [2.05, 4.69) is 39.6 Å². The van der Waals surface area contributed by atoms with Crippen molar-refractivity contribution < 1.29 is 43.3 Å². The molecule has 3 aliphatic heterocycles. The third-order valence-electron chi connectivity index (χ3n) is 11.5. The second kappa shape index (κ2) is 15.9. The lowest BCUT2D eigenvalue weighted by Gasteiger charge is -2.44. The largest absolute Gasteiger partial charge is 0.377 e. The second-order valence-corrected chi connectivity index (χ2v) is 19.1. The number of benzene rings is 2. The maximum Gasteiger partial charge on any atom is 0.311 e. The van der Waals surface area contributed by atoms with Gasteiger partial charge in [-0.1, -0.05) is 25.5 Å². The monoisotopic (exact) mass is 868 g/mol. The predicted molar refractivity (Wildman–Crippen MR) is 217 cm³/mol. The Morgan fingerprint density at radius 3 is 2.27 bits per heavy atom. The molecule has 6 rings (SSSR count). The van der Waals surface area contributed by atoms with Gasteiger partial charge in [0.05, 0.1) is 30.5 Å². The maximum absolute atomic E-state index is 13.9. The quantitative estimate of drug-likeness (QED) is 0.122. The van der Waals surface area contributed by atoms with Crippen LogP contribution >= 0.6 is 22.4 Å². The molecule has 4 amide bonds. The highest BCUT2D eigenvalue weighted by Gasteiger charge is 2.67. The Kier molecular flexibility index (Phi) is 11.9. The fraction of sp³-hybridized carbons (Fsp3) is 0.538. The zero-order valence-electron chi connectivity index (χ0n) is 33.2. The van der Waals surface area contributed by atoms with Crippen LogP contribution in [0.2, 0.25) is 0 Å². The number of carbonyl (C=O) groups excluding carboxylic acids is 4. The van der Waals surface area contributed by atoms with Gasteiger partial charge in [-0.05, 0) is 108 Å². The molecule has 13 nitrogen and oxygen atoms in total. The average molecular weight is 869 g/mol. The van der Waals surface area contributed by atoms with Crippen LogP contribution < -0.4 is 20.9 Å². The molecular weight excluding hydrogens is 820 g/mol. The van der Waals surface area contributed by atoms with Crippen molar-refractivity contribution in [3.8, 4) is 6.07 Å². The van der Waals surface area contributed by atoms with E-state index in [1.165, 1.54) is 6.07 Å². The first-order valence-corrected chi connectivity index (χ1v) is 21.9. The Bertz CT molecular complexity index is 2050. The summed E-state index contributed by atoms with van der Waals surface area (Å²) >= 11 is 5.61. The van der Waals surface area contributed by atoms with Gasteiger partial charge in [-0.3, -0.25) is 39.2 Å². The van der Waals surface area contributed by atoms with Gasteiger partial charge in [-0.2, -0.15) is 5.26 Å². The third kappa shape index (κ3) is 9.97. The summed E-state index contributed by atoms with van der Waals surface area (Å²) in [5.41, 5.74) is -1.75. The molecule has 3 N–H and O–H groups in total. The van der Waals surface area contributed by atoms with Gasteiger partial charge in [0.2, 0.25) is 17.7 Å². The second-order valence-electron chi connectivity index (χ2n) is 16.3. The number of nitriles is 1. The minimum atomic E-state index is -10.3. The Labute approximate surface area is 345 Å². The molecule has 3 saturated heterocycles. The summed E-state index contributed by atoms with van der Waals surface area (Å²) in [7, 11) is -10.3. The van der Waals surface area contributed by atoms with Crippen LogP contribution in [-0.4, -0.2) is 112 Å². The number of thiocarbonyl (C=S) groups is 1. The third-order valence-corrected chi connectivity index (χ3v) is 13.0. The van der Waals surface area contributed by atoms with Crippen molar-refractivity contribution in [1.82, 2.24) is 20.0 Å². The predicted octanol–water partition coefficient (Wildman–Crippen LogP) is 6.51. The van der Waals surface area contributed by atoms with Crippen LogP contribution in [0.4, 0.5) is 36.5 Å². The average Bonchev–Trinajstić information content (AvgIpc) is 3.32. The van der Waals surface area contributed by atoms with Gasteiger partial charge in [0.25, 0.3) is 5.91 Å². The fourth-order valence-corrected chi connectivity index (χ4v) is 10.0. The number of nitrogens with one attached hydrogen (secondary N) is 3. The highest BCUT2D eigenvalue weighted by atomic mass is 32.5. The van der Waals surface area contributed by atoms with Crippen LogP contribution in [0.25, 0.3) is 0 Å². The summed E-state index contributed by atoms with van der Waals surface area (Å²) in [4.78, 5) is 55.0. The summed E-state index contributed by atoms with van der Waals surface area (Å²) < 4.78 is 75.7. The number of piperidine rings is 1. The summed E-state index contributed by atoms with van der Waals surface area (Å²) in [5, 5.41) is 17.4.